The molecule has 0 aromatic rings. The number of aliphatic hydroxyl groups excluding tert-OH is 2. The van der Waals surface area contributed by atoms with Gasteiger partial charge in [-0.1, -0.05) is 243 Å². The lowest BCUT2D eigenvalue weighted by molar-refractivity contribution is -0.301. The minimum absolute atomic E-state index is 0.0623. The Balaban J connectivity index is 2.64. The first-order valence-electron chi connectivity index (χ1n) is 31.6. The summed E-state index contributed by atoms with van der Waals surface area (Å²) in [7, 11) is 0. The number of carbonyl (C=O) groups is 4. The van der Waals surface area contributed by atoms with E-state index in [2.05, 4.69) is 69.4 Å². The van der Waals surface area contributed by atoms with Gasteiger partial charge in [0.1, 0.15) is 18.8 Å². The van der Waals surface area contributed by atoms with Crippen LogP contribution >= 0.6 is 0 Å². The smallest absolute Gasteiger partial charge is 0.335 e. The number of hydrogen-bond acceptors (Lipinski definition) is 11. The third kappa shape index (κ3) is 43.2. The third-order valence-corrected chi connectivity index (χ3v) is 14.4. The zero-order chi connectivity index (χ0) is 56.1. The molecule has 0 amide bonds. The van der Waals surface area contributed by atoms with Gasteiger partial charge in [-0.05, 0) is 77.0 Å². The Hall–Kier alpha value is -3.32. The summed E-state index contributed by atoms with van der Waals surface area (Å²) in [4.78, 5) is 51.2. The number of hydrogen-bond donors (Lipinski definition) is 3. The van der Waals surface area contributed by atoms with Crippen molar-refractivity contribution in [2.24, 2.45) is 0 Å². The van der Waals surface area contributed by atoms with Crippen LogP contribution in [-0.2, 0) is 42.9 Å². The Kier molecular flexibility index (Phi) is 49.7. The molecule has 1 rings (SSSR count). The molecule has 0 aromatic heterocycles. The Bertz CT molecular complexity index is 1520. The van der Waals surface area contributed by atoms with Gasteiger partial charge in [0.15, 0.2) is 24.6 Å². The van der Waals surface area contributed by atoms with Crippen LogP contribution in [-0.4, -0.2) is 89.2 Å². The monoisotopic (exact) mass is 1090 g/mol. The van der Waals surface area contributed by atoms with Gasteiger partial charge in [0, 0.05) is 19.3 Å². The first kappa shape index (κ1) is 71.7. The van der Waals surface area contributed by atoms with Crippen LogP contribution in [0.25, 0.3) is 0 Å². The Morgan fingerprint density at radius 1 is 0.442 bits per heavy atom. The van der Waals surface area contributed by atoms with Crippen LogP contribution < -0.4 is 0 Å². The molecule has 0 radical (unpaired) electrons. The molecular formula is C65H114O12. The van der Waals surface area contributed by atoms with E-state index in [0.717, 1.165) is 116 Å². The highest BCUT2D eigenvalue weighted by molar-refractivity contribution is 5.74. The normalized spacial score (nSPS) is 18.3. The molecule has 1 aliphatic rings. The largest absolute Gasteiger partial charge is 0.479 e. The quantitative estimate of drug-likeness (QED) is 0.0228. The van der Waals surface area contributed by atoms with E-state index in [1.807, 2.05) is 0 Å². The number of unbranched alkanes of at least 4 members (excludes halogenated alkanes) is 32. The highest BCUT2D eigenvalue weighted by Crippen LogP contribution is 2.27. The van der Waals surface area contributed by atoms with Crippen molar-refractivity contribution in [1.82, 2.24) is 0 Å². The van der Waals surface area contributed by atoms with Gasteiger partial charge < -0.3 is 39.0 Å². The molecule has 1 heterocycles. The SMILES string of the molecule is CC/C=C\C/C=C\C/C=C\CCCCCCCC(=O)OCC(COC1OC(C(=O)O)C(O)C(O)C1OC(=O)CCCCCCCCCCCCCCCCCCCCC)OC(=O)CCCCCCC/C=C\CCCCCC. The maximum Gasteiger partial charge on any atom is 0.335 e. The lowest BCUT2D eigenvalue weighted by Gasteiger charge is -2.40. The minimum Gasteiger partial charge on any atom is -0.479 e. The highest BCUT2D eigenvalue weighted by atomic mass is 16.7. The minimum atomic E-state index is -1.90. The number of rotatable bonds is 54. The van der Waals surface area contributed by atoms with Crippen LogP contribution in [0.1, 0.15) is 290 Å². The zero-order valence-corrected chi connectivity index (χ0v) is 49.2. The lowest BCUT2D eigenvalue weighted by Crippen LogP contribution is -2.61. The van der Waals surface area contributed by atoms with Gasteiger partial charge in [-0.15, -0.1) is 0 Å². The molecule has 1 saturated heterocycles. The molecular weight excluding hydrogens is 973 g/mol. The van der Waals surface area contributed by atoms with E-state index in [1.165, 1.54) is 116 Å². The second-order valence-electron chi connectivity index (χ2n) is 21.7. The number of carboxylic acid groups (broad SMARTS) is 1. The summed E-state index contributed by atoms with van der Waals surface area (Å²) in [5.74, 6) is -3.13. The Morgan fingerprint density at radius 3 is 1.27 bits per heavy atom. The van der Waals surface area contributed by atoms with Crippen molar-refractivity contribution >= 4 is 23.9 Å². The van der Waals surface area contributed by atoms with E-state index in [0.29, 0.717) is 19.3 Å². The summed E-state index contributed by atoms with van der Waals surface area (Å²) in [6, 6.07) is 0. The molecule has 0 aliphatic carbocycles. The second-order valence-corrected chi connectivity index (χ2v) is 21.7. The van der Waals surface area contributed by atoms with Crippen LogP contribution in [0.4, 0.5) is 0 Å². The average Bonchev–Trinajstić information content (AvgIpc) is 3.42. The molecule has 0 bridgehead atoms. The van der Waals surface area contributed by atoms with Crippen molar-refractivity contribution in [1.29, 1.82) is 0 Å². The predicted molar refractivity (Wildman–Crippen MR) is 312 cm³/mol. The van der Waals surface area contributed by atoms with E-state index in [9.17, 15) is 34.5 Å². The maximum atomic E-state index is 13.1. The molecule has 12 heteroatoms. The number of aliphatic hydroxyl groups is 2. The predicted octanol–water partition coefficient (Wildman–Crippen LogP) is 16.6. The average molecular weight is 1090 g/mol. The van der Waals surface area contributed by atoms with Crippen LogP contribution in [0, 0.1) is 0 Å². The van der Waals surface area contributed by atoms with Crippen molar-refractivity contribution in [3.05, 3.63) is 48.6 Å². The number of ether oxygens (including phenoxy) is 5. The van der Waals surface area contributed by atoms with Gasteiger partial charge in [0.2, 0.25) is 0 Å². The number of carbonyl (C=O) groups excluding carboxylic acids is 3. The Labute approximate surface area is 469 Å². The lowest BCUT2D eigenvalue weighted by atomic mass is 9.98. The third-order valence-electron chi connectivity index (χ3n) is 14.4. The number of esters is 3. The fourth-order valence-electron chi connectivity index (χ4n) is 9.56. The summed E-state index contributed by atoms with van der Waals surface area (Å²) in [6.45, 7) is 5.88. The van der Waals surface area contributed by atoms with Crippen LogP contribution in [0.3, 0.4) is 0 Å². The van der Waals surface area contributed by atoms with Crippen molar-refractivity contribution in [2.75, 3.05) is 13.2 Å². The molecule has 0 saturated carbocycles. The molecule has 0 spiro atoms. The van der Waals surface area contributed by atoms with Crippen molar-refractivity contribution in [3.8, 4) is 0 Å². The van der Waals surface area contributed by atoms with Gasteiger partial charge in [-0.3, -0.25) is 14.4 Å². The van der Waals surface area contributed by atoms with Gasteiger partial charge in [-0.2, -0.15) is 0 Å². The fraction of sp³-hybridized carbons (Fsp3) is 0.815. The zero-order valence-electron chi connectivity index (χ0n) is 49.2. The fourth-order valence-corrected chi connectivity index (χ4v) is 9.56. The number of carboxylic acids is 1. The highest BCUT2D eigenvalue weighted by Gasteiger charge is 2.50. The first-order valence-corrected chi connectivity index (χ1v) is 31.6. The summed E-state index contributed by atoms with van der Waals surface area (Å²) in [6.07, 6.45) is 52.2. The second kappa shape index (κ2) is 53.3. The van der Waals surface area contributed by atoms with Crippen LogP contribution in [0.15, 0.2) is 48.6 Å². The van der Waals surface area contributed by atoms with Gasteiger partial charge >= 0.3 is 23.9 Å². The maximum absolute atomic E-state index is 13.1. The first-order chi connectivity index (χ1) is 37.6. The number of aliphatic carboxylic acids is 1. The molecule has 446 valence electrons. The van der Waals surface area contributed by atoms with E-state index in [4.69, 9.17) is 23.7 Å². The van der Waals surface area contributed by atoms with E-state index < -0.39 is 67.3 Å². The molecule has 3 N–H and O–H groups in total. The molecule has 0 aromatic carbocycles. The topological polar surface area (TPSA) is 175 Å². The molecule has 1 aliphatic heterocycles. The molecule has 1 fully saturated rings. The van der Waals surface area contributed by atoms with E-state index >= 15 is 0 Å². The summed E-state index contributed by atoms with van der Waals surface area (Å²) < 4.78 is 28.5. The van der Waals surface area contributed by atoms with Crippen molar-refractivity contribution in [3.63, 3.8) is 0 Å². The van der Waals surface area contributed by atoms with Gasteiger partial charge in [-0.25, -0.2) is 4.79 Å². The molecule has 6 atom stereocenters. The molecule has 6 unspecified atom stereocenters. The number of allylic oxidation sites excluding steroid dienone is 8. The van der Waals surface area contributed by atoms with E-state index in [-0.39, 0.29) is 25.9 Å². The van der Waals surface area contributed by atoms with Crippen LogP contribution in [0.2, 0.25) is 0 Å². The van der Waals surface area contributed by atoms with Gasteiger partial charge in [0.25, 0.3) is 0 Å². The van der Waals surface area contributed by atoms with Crippen LogP contribution in [0.5, 0.6) is 0 Å². The van der Waals surface area contributed by atoms with Gasteiger partial charge in [0.05, 0.1) is 6.61 Å². The Morgan fingerprint density at radius 2 is 0.818 bits per heavy atom. The standard InChI is InChI=1S/C65H114O12/c1-4-7-10-13-16-19-22-25-27-28-29-30-32-35-38-41-44-47-50-53-59(68)76-63-61(70)60(69)62(64(71)72)77-65(63)74-55-56(75-58(67)52-49-46-43-40-37-33-24-21-18-15-12-9-6-3)54-73-57(66)51-48-45-42-39-36-34-31-26-23-20-17-14-11-8-5-2/h8,11,17,20-21,24,26,31,56,60-63,65,69-70H,4-7,9-10,12-16,18-19,22-23,25,27-30,32-55H2,1-3H3,(H,71,72)/b11-8-,20-17-,24-21-,31-26-. The summed E-state index contributed by atoms with van der Waals surface area (Å²) in [5.41, 5.74) is 0. The van der Waals surface area contributed by atoms with Crippen molar-refractivity contribution in [2.45, 2.75) is 327 Å². The molecule has 77 heavy (non-hydrogen) atoms. The van der Waals surface area contributed by atoms with E-state index in [1.54, 1.807) is 0 Å². The van der Waals surface area contributed by atoms with Crippen molar-refractivity contribution < 1.29 is 58.2 Å². The summed E-state index contributed by atoms with van der Waals surface area (Å²) in [5, 5.41) is 31.5. The molecule has 12 nitrogen and oxygen atoms in total. The summed E-state index contributed by atoms with van der Waals surface area (Å²) >= 11 is 0.